The van der Waals surface area contributed by atoms with Gasteiger partial charge in [0.15, 0.2) is 0 Å². The van der Waals surface area contributed by atoms with Gasteiger partial charge < -0.3 is 15.2 Å². The molecule has 4 nitrogen and oxygen atoms in total. The summed E-state index contributed by atoms with van der Waals surface area (Å²) in [5.41, 5.74) is 6.07. The molecule has 0 atom stereocenters. The molecule has 2 aromatic carbocycles. The van der Waals surface area contributed by atoms with Gasteiger partial charge in [-0.05, 0) is 36.4 Å². The number of nitrogens with two attached hydrogens (primary N) is 1. The number of ether oxygens (including phenoxy) is 2. The van der Waals surface area contributed by atoms with E-state index in [0.717, 1.165) is 4.47 Å². The Labute approximate surface area is 119 Å². The van der Waals surface area contributed by atoms with Crippen molar-refractivity contribution in [1.82, 2.24) is 0 Å². The van der Waals surface area contributed by atoms with E-state index >= 15 is 0 Å². The lowest BCUT2D eigenvalue weighted by molar-refractivity contribution is 0.409. The van der Waals surface area contributed by atoms with E-state index in [1.807, 2.05) is 24.3 Å². The van der Waals surface area contributed by atoms with E-state index < -0.39 is 0 Å². The summed E-state index contributed by atoms with van der Waals surface area (Å²) in [6, 6.07) is 12.6. The van der Waals surface area contributed by atoms with Crippen LogP contribution in [0.3, 0.4) is 0 Å². The molecule has 5 heteroatoms. The number of hydrogen-bond donors (Lipinski definition) is 2. The average molecular weight is 321 g/mol. The van der Waals surface area contributed by atoms with Crippen molar-refractivity contribution in [2.45, 2.75) is 0 Å². The Kier molecular flexibility index (Phi) is 4.06. The van der Waals surface area contributed by atoms with Gasteiger partial charge in [0, 0.05) is 10.5 Å². The molecule has 0 saturated carbocycles. The minimum atomic E-state index is -0.0465. The van der Waals surface area contributed by atoms with Gasteiger partial charge in [-0.15, -0.1) is 0 Å². The number of halogens is 1. The second kappa shape index (κ2) is 5.75. The summed E-state index contributed by atoms with van der Waals surface area (Å²) in [4.78, 5) is 0. The number of rotatable bonds is 4. The number of hydrogen-bond acceptors (Lipinski definition) is 3. The minimum Gasteiger partial charge on any atom is -0.497 e. The second-order valence-electron chi connectivity index (χ2n) is 3.83. The fourth-order valence-corrected chi connectivity index (χ4v) is 1.83. The molecule has 0 fully saturated rings. The quantitative estimate of drug-likeness (QED) is 0.668. The first-order valence-corrected chi connectivity index (χ1v) is 6.35. The molecule has 0 aliphatic carbocycles. The monoisotopic (exact) mass is 320 g/mol. The normalized spacial score (nSPS) is 10.0. The van der Waals surface area contributed by atoms with Gasteiger partial charge in [0.05, 0.1) is 12.7 Å². The van der Waals surface area contributed by atoms with Crippen LogP contribution in [0.4, 0.5) is 0 Å². The van der Waals surface area contributed by atoms with Crippen LogP contribution in [0.25, 0.3) is 0 Å². The summed E-state index contributed by atoms with van der Waals surface area (Å²) < 4.78 is 11.9. The van der Waals surface area contributed by atoms with Crippen molar-refractivity contribution in [3.05, 3.63) is 52.5 Å². The van der Waals surface area contributed by atoms with Gasteiger partial charge in [-0.2, -0.15) is 0 Å². The fourth-order valence-electron chi connectivity index (χ4n) is 1.57. The summed E-state index contributed by atoms with van der Waals surface area (Å²) in [6.07, 6.45) is 0. The summed E-state index contributed by atoms with van der Waals surface area (Å²) in [6.45, 7) is 0. The predicted molar refractivity (Wildman–Crippen MR) is 78.2 cm³/mol. The predicted octanol–water partition coefficient (Wildman–Crippen LogP) is 3.53. The van der Waals surface area contributed by atoms with Crippen molar-refractivity contribution in [3.8, 4) is 17.2 Å². The van der Waals surface area contributed by atoms with E-state index in [-0.39, 0.29) is 5.84 Å². The van der Waals surface area contributed by atoms with Crippen LogP contribution in [0.15, 0.2) is 46.9 Å². The Hall–Kier alpha value is -2.01. The van der Waals surface area contributed by atoms with Gasteiger partial charge >= 0.3 is 0 Å². The van der Waals surface area contributed by atoms with Crippen molar-refractivity contribution >= 4 is 21.8 Å². The highest BCUT2D eigenvalue weighted by Crippen LogP contribution is 2.29. The molecule has 0 saturated heterocycles. The highest BCUT2D eigenvalue weighted by atomic mass is 79.9. The van der Waals surface area contributed by atoms with E-state index in [2.05, 4.69) is 15.9 Å². The van der Waals surface area contributed by atoms with Gasteiger partial charge in [-0.25, -0.2) is 0 Å². The number of nitrogen functional groups attached to an aromatic ring is 1. The Morgan fingerprint density at radius 2 is 1.74 bits per heavy atom. The van der Waals surface area contributed by atoms with Crippen molar-refractivity contribution in [2.24, 2.45) is 5.73 Å². The number of amidine groups is 1. The molecule has 0 bridgehead atoms. The SMILES string of the molecule is COc1ccc(C(=N)N)c(Oc2ccc(Br)cc2)c1. The average Bonchev–Trinajstić information content (AvgIpc) is 2.41. The van der Waals surface area contributed by atoms with Gasteiger partial charge in [-0.1, -0.05) is 15.9 Å². The van der Waals surface area contributed by atoms with Crippen LogP contribution in [0.1, 0.15) is 5.56 Å². The smallest absolute Gasteiger partial charge is 0.142 e. The van der Waals surface area contributed by atoms with E-state index in [1.165, 1.54) is 0 Å². The van der Waals surface area contributed by atoms with E-state index in [9.17, 15) is 0 Å². The molecule has 0 aliphatic rings. The molecule has 0 aromatic heterocycles. The highest BCUT2D eigenvalue weighted by Gasteiger charge is 2.09. The maximum absolute atomic E-state index is 7.55. The maximum atomic E-state index is 7.55. The molecule has 0 spiro atoms. The Morgan fingerprint density at radius 3 is 2.32 bits per heavy atom. The molecule has 2 aromatic rings. The molecule has 0 radical (unpaired) electrons. The molecule has 0 unspecified atom stereocenters. The van der Waals surface area contributed by atoms with Crippen LogP contribution in [-0.4, -0.2) is 12.9 Å². The fraction of sp³-hybridized carbons (Fsp3) is 0.0714. The summed E-state index contributed by atoms with van der Waals surface area (Å²) in [5.74, 6) is 1.76. The molecular formula is C14H13BrN2O2. The lowest BCUT2D eigenvalue weighted by Crippen LogP contribution is -2.12. The molecule has 3 N–H and O–H groups in total. The van der Waals surface area contributed by atoms with Crippen molar-refractivity contribution in [1.29, 1.82) is 5.41 Å². The van der Waals surface area contributed by atoms with Crippen LogP contribution < -0.4 is 15.2 Å². The topological polar surface area (TPSA) is 68.3 Å². The van der Waals surface area contributed by atoms with E-state index in [0.29, 0.717) is 22.8 Å². The maximum Gasteiger partial charge on any atom is 0.142 e. The zero-order valence-electron chi connectivity index (χ0n) is 10.3. The zero-order valence-corrected chi connectivity index (χ0v) is 11.9. The van der Waals surface area contributed by atoms with E-state index in [4.69, 9.17) is 20.6 Å². The summed E-state index contributed by atoms with van der Waals surface area (Å²) >= 11 is 3.36. The molecule has 0 heterocycles. The third-order valence-corrected chi connectivity index (χ3v) is 3.05. The third kappa shape index (κ3) is 3.26. The second-order valence-corrected chi connectivity index (χ2v) is 4.75. The van der Waals surface area contributed by atoms with Gasteiger partial charge in [0.1, 0.15) is 23.1 Å². The molecule has 2 rings (SSSR count). The summed E-state index contributed by atoms with van der Waals surface area (Å²) in [7, 11) is 1.58. The Morgan fingerprint density at radius 1 is 1.11 bits per heavy atom. The van der Waals surface area contributed by atoms with Gasteiger partial charge in [0.25, 0.3) is 0 Å². The molecule has 98 valence electrons. The lowest BCUT2D eigenvalue weighted by Gasteiger charge is -2.12. The highest BCUT2D eigenvalue weighted by molar-refractivity contribution is 9.10. The van der Waals surface area contributed by atoms with Crippen LogP contribution in [0, 0.1) is 5.41 Å². The van der Waals surface area contributed by atoms with Crippen LogP contribution in [0.5, 0.6) is 17.2 Å². The van der Waals surface area contributed by atoms with Crippen LogP contribution in [0.2, 0.25) is 0 Å². The van der Waals surface area contributed by atoms with Crippen LogP contribution >= 0.6 is 15.9 Å². The van der Waals surface area contributed by atoms with Crippen molar-refractivity contribution in [2.75, 3.05) is 7.11 Å². The minimum absolute atomic E-state index is 0.0465. The standard InChI is InChI=1S/C14H13BrN2O2/c1-18-11-6-7-12(14(16)17)13(8-11)19-10-4-2-9(15)3-5-10/h2-8H,1H3,(H3,16,17). The largest absolute Gasteiger partial charge is 0.497 e. The first kappa shape index (κ1) is 13.4. The molecule has 0 amide bonds. The van der Waals surface area contributed by atoms with Crippen molar-refractivity contribution in [3.63, 3.8) is 0 Å². The Balaban J connectivity index is 2.36. The first-order chi connectivity index (χ1) is 9.10. The van der Waals surface area contributed by atoms with Gasteiger partial charge in [-0.3, -0.25) is 5.41 Å². The van der Waals surface area contributed by atoms with Gasteiger partial charge in [0.2, 0.25) is 0 Å². The molecule has 0 aliphatic heterocycles. The summed E-state index contributed by atoms with van der Waals surface area (Å²) in [5, 5.41) is 7.55. The zero-order chi connectivity index (χ0) is 13.8. The van der Waals surface area contributed by atoms with E-state index in [1.54, 1.807) is 25.3 Å². The Bertz CT molecular complexity index is 597. The molecular weight excluding hydrogens is 308 g/mol. The van der Waals surface area contributed by atoms with Crippen molar-refractivity contribution < 1.29 is 9.47 Å². The number of nitrogens with one attached hydrogen (secondary N) is 1. The lowest BCUT2D eigenvalue weighted by atomic mass is 10.1. The number of methoxy groups -OCH3 is 1. The molecule has 19 heavy (non-hydrogen) atoms. The third-order valence-electron chi connectivity index (χ3n) is 2.52. The number of benzene rings is 2. The van der Waals surface area contributed by atoms with Crippen LogP contribution in [-0.2, 0) is 0 Å². The first-order valence-electron chi connectivity index (χ1n) is 5.56.